The van der Waals surface area contributed by atoms with Crippen LogP contribution in [-0.4, -0.2) is 36.9 Å². The summed E-state index contributed by atoms with van der Waals surface area (Å²) in [5.74, 6) is 0.00795. The first-order chi connectivity index (χ1) is 13.3. The molecule has 8 heteroatoms. The van der Waals surface area contributed by atoms with E-state index >= 15 is 0 Å². The van der Waals surface area contributed by atoms with Gasteiger partial charge in [0.2, 0.25) is 0 Å². The summed E-state index contributed by atoms with van der Waals surface area (Å²) in [6.45, 7) is 2.22. The van der Waals surface area contributed by atoms with E-state index in [2.05, 4.69) is 16.0 Å². The fraction of sp³-hybridized carbons (Fsp3) is 0.300. The fourth-order valence-corrected chi connectivity index (χ4v) is 4.64. The number of aromatic nitrogens is 1. The van der Waals surface area contributed by atoms with Crippen LogP contribution in [0.2, 0.25) is 0 Å². The van der Waals surface area contributed by atoms with Gasteiger partial charge in [0, 0.05) is 30.2 Å². The summed E-state index contributed by atoms with van der Waals surface area (Å²) in [7, 11) is -5.33. The molecule has 1 aliphatic heterocycles. The van der Waals surface area contributed by atoms with Crippen LogP contribution in [0.25, 0.3) is 10.9 Å². The van der Waals surface area contributed by atoms with Gasteiger partial charge in [-0.05, 0) is 48.2 Å². The number of H-pyrrole nitrogens is 1. The highest BCUT2D eigenvalue weighted by Crippen LogP contribution is 2.34. The van der Waals surface area contributed by atoms with Crippen LogP contribution in [0.1, 0.15) is 23.5 Å². The van der Waals surface area contributed by atoms with E-state index in [-0.39, 0.29) is 5.92 Å². The molecule has 4 rings (SSSR count). The molecule has 2 aromatic carbocycles. The molecule has 1 saturated heterocycles. The average Bonchev–Trinajstić information content (AvgIpc) is 3.29. The number of para-hydroxylation sites is 1. The lowest BCUT2D eigenvalue weighted by molar-refractivity contribution is -0.0436. The zero-order valence-electron chi connectivity index (χ0n) is 14.9. The van der Waals surface area contributed by atoms with E-state index in [1.54, 1.807) is 6.07 Å². The van der Waals surface area contributed by atoms with Crippen molar-refractivity contribution in [3.63, 3.8) is 0 Å². The molecule has 0 aliphatic carbocycles. The van der Waals surface area contributed by atoms with Gasteiger partial charge in [-0.1, -0.05) is 30.3 Å². The number of halogens is 3. The summed E-state index contributed by atoms with van der Waals surface area (Å²) in [5, 5.41) is 1.16. The summed E-state index contributed by atoms with van der Waals surface area (Å²) in [6, 6.07) is 13.3. The predicted octanol–water partition coefficient (Wildman–Crippen LogP) is 4.45. The van der Waals surface area contributed by atoms with Gasteiger partial charge in [0.1, 0.15) is 0 Å². The maximum Gasteiger partial charge on any atom is 0.501 e. The molecule has 1 aromatic heterocycles. The first-order valence-electron chi connectivity index (χ1n) is 8.94. The first kappa shape index (κ1) is 19.0. The van der Waals surface area contributed by atoms with Crippen molar-refractivity contribution < 1.29 is 21.6 Å². The minimum Gasteiger partial charge on any atom is -0.361 e. The maximum absolute atomic E-state index is 12.8. The predicted molar refractivity (Wildman–Crippen MR) is 101 cm³/mol. The highest BCUT2D eigenvalue weighted by molar-refractivity contribution is 7.92. The van der Waals surface area contributed by atoms with E-state index in [9.17, 15) is 21.6 Å². The SMILES string of the molecule is O=S(=O)(c1cccc(C2CCN(Cc3c[nH]c4ccccc34)C2)c1)C(F)(F)F. The van der Waals surface area contributed by atoms with Crippen molar-refractivity contribution in [2.75, 3.05) is 13.1 Å². The lowest BCUT2D eigenvalue weighted by Gasteiger charge is -2.16. The second kappa shape index (κ2) is 6.93. The monoisotopic (exact) mass is 408 g/mol. The number of sulfone groups is 1. The number of alkyl halides is 3. The summed E-state index contributed by atoms with van der Waals surface area (Å²) < 4.78 is 61.9. The smallest absolute Gasteiger partial charge is 0.361 e. The molecule has 28 heavy (non-hydrogen) atoms. The van der Waals surface area contributed by atoms with Crippen molar-refractivity contribution in [3.8, 4) is 0 Å². The van der Waals surface area contributed by atoms with Crippen LogP contribution < -0.4 is 0 Å². The van der Waals surface area contributed by atoms with Crippen molar-refractivity contribution in [1.82, 2.24) is 9.88 Å². The Balaban J connectivity index is 1.51. The van der Waals surface area contributed by atoms with Gasteiger partial charge in [-0.3, -0.25) is 4.90 Å². The Bertz CT molecular complexity index is 1110. The quantitative estimate of drug-likeness (QED) is 0.694. The fourth-order valence-electron chi connectivity index (χ4n) is 3.82. The summed E-state index contributed by atoms with van der Waals surface area (Å²) in [5.41, 5.74) is -2.42. The van der Waals surface area contributed by atoms with Gasteiger partial charge in [0.05, 0.1) is 4.90 Å². The molecule has 4 nitrogen and oxygen atoms in total. The Morgan fingerprint density at radius 1 is 1.11 bits per heavy atom. The van der Waals surface area contributed by atoms with E-state index < -0.39 is 20.2 Å². The molecule has 148 valence electrons. The summed E-state index contributed by atoms with van der Waals surface area (Å²) >= 11 is 0. The first-order valence-corrected chi connectivity index (χ1v) is 10.4. The van der Waals surface area contributed by atoms with E-state index in [4.69, 9.17) is 0 Å². The number of fused-ring (bicyclic) bond motifs is 1. The van der Waals surface area contributed by atoms with Crippen molar-refractivity contribution in [2.24, 2.45) is 0 Å². The minimum atomic E-state index is -5.33. The molecule has 0 amide bonds. The van der Waals surface area contributed by atoms with Gasteiger partial charge in [-0.15, -0.1) is 0 Å². The topological polar surface area (TPSA) is 53.2 Å². The number of nitrogens with one attached hydrogen (secondary N) is 1. The third-order valence-electron chi connectivity index (χ3n) is 5.29. The third kappa shape index (κ3) is 3.42. The standard InChI is InChI=1S/C20H19F3N2O2S/c21-20(22,23)28(26,27)17-5-3-4-14(10-17)15-8-9-25(12-15)13-16-11-24-19-7-2-1-6-18(16)19/h1-7,10-11,15,24H,8-9,12-13H2. The third-order valence-corrected chi connectivity index (χ3v) is 6.77. The van der Waals surface area contributed by atoms with Crippen molar-refractivity contribution >= 4 is 20.7 Å². The van der Waals surface area contributed by atoms with Gasteiger partial charge in [0.15, 0.2) is 0 Å². The molecule has 3 aromatic rings. The van der Waals surface area contributed by atoms with Crippen LogP contribution in [0.15, 0.2) is 59.6 Å². The molecule has 1 atom stereocenters. The van der Waals surface area contributed by atoms with Crippen LogP contribution in [0, 0.1) is 0 Å². The number of benzene rings is 2. The molecule has 1 fully saturated rings. The Labute approximate surface area is 160 Å². The molecule has 2 heterocycles. The van der Waals surface area contributed by atoms with Crippen LogP contribution in [0.4, 0.5) is 13.2 Å². The van der Waals surface area contributed by atoms with Gasteiger partial charge >= 0.3 is 5.51 Å². The van der Waals surface area contributed by atoms with E-state index in [1.165, 1.54) is 17.7 Å². The molecular formula is C20H19F3N2O2S. The van der Waals surface area contributed by atoms with Crippen LogP contribution in [0.5, 0.6) is 0 Å². The lowest BCUT2D eigenvalue weighted by atomic mass is 9.99. The Morgan fingerprint density at radius 2 is 1.89 bits per heavy atom. The van der Waals surface area contributed by atoms with Gasteiger partial charge < -0.3 is 4.98 Å². The summed E-state index contributed by atoms with van der Waals surface area (Å²) in [4.78, 5) is 4.80. The van der Waals surface area contributed by atoms with E-state index in [0.717, 1.165) is 36.5 Å². The number of aromatic amines is 1. The largest absolute Gasteiger partial charge is 0.501 e. The molecule has 1 aliphatic rings. The zero-order valence-corrected chi connectivity index (χ0v) is 15.7. The molecule has 0 radical (unpaired) electrons. The van der Waals surface area contributed by atoms with Crippen molar-refractivity contribution in [2.45, 2.75) is 29.3 Å². The highest BCUT2D eigenvalue weighted by atomic mass is 32.2. The summed E-state index contributed by atoms with van der Waals surface area (Å²) in [6.07, 6.45) is 2.76. The number of nitrogens with zero attached hydrogens (tertiary/aromatic N) is 1. The molecular weight excluding hydrogens is 389 g/mol. The number of hydrogen-bond acceptors (Lipinski definition) is 3. The second-order valence-corrected chi connectivity index (χ2v) is 9.04. The Morgan fingerprint density at radius 3 is 2.68 bits per heavy atom. The molecule has 0 bridgehead atoms. The average molecular weight is 408 g/mol. The minimum absolute atomic E-state index is 0.00795. The van der Waals surface area contributed by atoms with Crippen molar-refractivity contribution in [1.29, 1.82) is 0 Å². The molecule has 0 saturated carbocycles. The maximum atomic E-state index is 12.8. The van der Waals surface area contributed by atoms with Gasteiger partial charge in [-0.25, -0.2) is 8.42 Å². The Kier molecular flexibility index (Phi) is 4.71. The lowest BCUT2D eigenvalue weighted by Crippen LogP contribution is -2.23. The normalized spacial score (nSPS) is 18.8. The Hall–Kier alpha value is -2.32. The highest BCUT2D eigenvalue weighted by Gasteiger charge is 2.47. The zero-order chi connectivity index (χ0) is 19.9. The molecule has 1 unspecified atom stereocenters. The number of hydrogen-bond donors (Lipinski definition) is 1. The second-order valence-electron chi connectivity index (χ2n) is 7.10. The van der Waals surface area contributed by atoms with Gasteiger partial charge in [-0.2, -0.15) is 13.2 Å². The van der Waals surface area contributed by atoms with Gasteiger partial charge in [0.25, 0.3) is 9.84 Å². The van der Waals surface area contributed by atoms with Crippen LogP contribution >= 0.6 is 0 Å². The number of likely N-dealkylation sites (tertiary alicyclic amines) is 1. The van der Waals surface area contributed by atoms with E-state index in [0.29, 0.717) is 12.1 Å². The van der Waals surface area contributed by atoms with Crippen molar-refractivity contribution in [3.05, 3.63) is 65.9 Å². The molecule has 0 spiro atoms. The van der Waals surface area contributed by atoms with E-state index in [1.807, 2.05) is 24.4 Å². The van der Waals surface area contributed by atoms with Crippen LogP contribution in [0.3, 0.4) is 0 Å². The van der Waals surface area contributed by atoms with Crippen LogP contribution in [-0.2, 0) is 16.4 Å². The number of rotatable bonds is 4. The molecule has 1 N–H and O–H groups in total.